The molecule has 0 bridgehead atoms. The highest BCUT2D eigenvalue weighted by Crippen LogP contribution is 2.18. The van der Waals surface area contributed by atoms with Gasteiger partial charge >= 0.3 is 6.18 Å². The van der Waals surface area contributed by atoms with Crippen molar-refractivity contribution in [3.8, 4) is 6.07 Å². The van der Waals surface area contributed by atoms with Crippen LogP contribution in [0.15, 0.2) is 0 Å². The molecule has 0 aliphatic carbocycles. The molecule has 0 rings (SSSR count). The molecule has 0 radical (unpaired) electrons. The monoisotopic (exact) mass is 251 g/mol. The van der Waals surface area contributed by atoms with Gasteiger partial charge in [-0.25, -0.2) is 0 Å². The summed E-state index contributed by atoms with van der Waals surface area (Å²) in [5.74, 6) is 0. The third-order valence-electron chi connectivity index (χ3n) is 2.24. The number of hydrogen-bond acceptors (Lipinski definition) is 3. The van der Waals surface area contributed by atoms with E-state index in [0.29, 0.717) is 0 Å². The van der Waals surface area contributed by atoms with Gasteiger partial charge in [0.25, 0.3) is 0 Å². The summed E-state index contributed by atoms with van der Waals surface area (Å²) in [7, 11) is 0. The smallest absolute Gasteiger partial charge is 0.296 e. The largest absolute Gasteiger partial charge is 0.401 e. The van der Waals surface area contributed by atoms with Gasteiger partial charge in [-0.2, -0.15) is 18.4 Å². The molecule has 0 aliphatic heterocycles. The maximum atomic E-state index is 12.3. The van der Waals surface area contributed by atoms with Crippen molar-refractivity contribution in [3.63, 3.8) is 0 Å². The van der Waals surface area contributed by atoms with E-state index < -0.39 is 18.3 Å². The van der Waals surface area contributed by atoms with Crippen molar-refractivity contribution >= 4 is 0 Å². The summed E-state index contributed by atoms with van der Waals surface area (Å²) in [6.45, 7) is 6.31. The van der Waals surface area contributed by atoms with Crippen LogP contribution >= 0.6 is 0 Å². The second kappa shape index (κ2) is 6.22. The highest BCUT2D eigenvalue weighted by molar-refractivity contribution is 5.06. The van der Waals surface area contributed by atoms with E-state index in [4.69, 9.17) is 5.26 Å². The molecule has 0 amide bonds. The van der Waals surface area contributed by atoms with Crippen molar-refractivity contribution in [1.29, 1.82) is 5.26 Å². The molecule has 0 saturated heterocycles. The molecular weight excluding hydrogens is 231 g/mol. The van der Waals surface area contributed by atoms with E-state index in [1.165, 1.54) is 4.90 Å². The quantitative estimate of drug-likeness (QED) is 0.786. The van der Waals surface area contributed by atoms with Crippen LogP contribution in [0.4, 0.5) is 13.2 Å². The highest BCUT2D eigenvalue weighted by atomic mass is 19.4. The number of alkyl halides is 3. The normalized spacial score (nSPS) is 16.0. The molecular formula is C11H20F3N3. The number of nitriles is 1. The van der Waals surface area contributed by atoms with Crippen molar-refractivity contribution in [1.82, 2.24) is 10.2 Å². The van der Waals surface area contributed by atoms with E-state index in [2.05, 4.69) is 5.32 Å². The Morgan fingerprint density at radius 1 is 1.29 bits per heavy atom. The van der Waals surface area contributed by atoms with Gasteiger partial charge < -0.3 is 0 Å². The highest BCUT2D eigenvalue weighted by Gasteiger charge is 2.34. The summed E-state index contributed by atoms with van der Waals surface area (Å²) in [6.07, 6.45) is -4.23. The van der Waals surface area contributed by atoms with Crippen LogP contribution in [0.2, 0.25) is 0 Å². The average molecular weight is 251 g/mol. The van der Waals surface area contributed by atoms with E-state index in [-0.39, 0.29) is 19.1 Å². The Labute approximate surface area is 101 Å². The Balaban J connectivity index is 4.58. The zero-order valence-corrected chi connectivity index (χ0v) is 10.7. The molecule has 100 valence electrons. The van der Waals surface area contributed by atoms with Crippen molar-refractivity contribution in [2.45, 2.75) is 45.5 Å². The second-order valence-corrected chi connectivity index (χ2v) is 4.66. The van der Waals surface area contributed by atoms with E-state index in [1.807, 2.05) is 19.9 Å². The zero-order valence-electron chi connectivity index (χ0n) is 10.7. The van der Waals surface area contributed by atoms with Gasteiger partial charge in [0, 0.05) is 12.6 Å². The molecule has 1 N–H and O–H groups in total. The molecule has 1 unspecified atom stereocenters. The number of halogens is 3. The van der Waals surface area contributed by atoms with E-state index >= 15 is 0 Å². The fourth-order valence-electron chi connectivity index (χ4n) is 1.73. The minimum Gasteiger partial charge on any atom is -0.296 e. The van der Waals surface area contributed by atoms with E-state index in [1.54, 1.807) is 13.8 Å². The molecule has 3 nitrogen and oxygen atoms in total. The molecule has 0 aliphatic rings. The summed E-state index contributed by atoms with van der Waals surface area (Å²) in [4.78, 5) is 1.22. The molecule has 0 aromatic heterocycles. The van der Waals surface area contributed by atoms with E-state index in [9.17, 15) is 13.2 Å². The Kier molecular flexibility index (Phi) is 5.93. The SMILES string of the molecule is CCN(CC(F)(F)F)CC(C)(C#N)NC(C)C. The van der Waals surface area contributed by atoms with Crippen LogP contribution in [0.25, 0.3) is 0 Å². The molecule has 0 fully saturated rings. The number of hydrogen-bond donors (Lipinski definition) is 1. The van der Waals surface area contributed by atoms with Crippen molar-refractivity contribution < 1.29 is 13.2 Å². The van der Waals surface area contributed by atoms with Crippen LogP contribution in [-0.2, 0) is 0 Å². The predicted octanol–water partition coefficient (Wildman–Crippen LogP) is 2.15. The van der Waals surface area contributed by atoms with Gasteiger partial charge in [0.15, 0.2) is 0 Å². The lowest BCUT2D eigenvalue weighted by Crippen LogP contribution is -2.54. The number of nitrogens with zero attached hydrogens (tertiary/aromatic N) is 2. The molecule has 0 spiro atoms. The lowest BCUT2D eigenvalue weighted by atomic mass is 10.0. The topological polar surface area (TPSA) is 39.1 Å². The molecule has 1 atom stereocenters. The lowest BCUT2D eigenvalue weighted by Gasteiger charge is -2.32. The standard InChI is InChI=1S/C11H20F3N3/c1-5-17(8-11(12,13)14)7-10(4,6-15)16-9(2)3/h9,16H,5,7-8H2,1-4H3. The van der Waals surface area contributed by atoms with E-state index in [0.717, 1.165) is 0 Å². The Morgan fingerprint density at radius 3 is 2.12 bits per heavy atom. The van der Waals surface area contributed by atoms with Crippen LogP contribution in [0.3, 0.4) is 0 Å². The van der Waals surface area contributed by atoms with Gasteiger partial charge in [-0.3, -0.25) is 10.2 Å². The summed E-state index contributed by atoms with van der Waals surface area (Å²) < 4.78 is 36.9. The van der Waals surface area contributed by atoms with Gasteiger partial charge in [-0.15, -0.1) is 0 Å². The fraction of sp³-hybridized carbons (Fsp3) is 0.909. The maximum absolute atomic E-state index is 12.3. The molecule has 17 heavy (non-hydrogen) atoms. The molecule has 0 saturated carbocycles. The third kappa shape index (κ3) is 7.18. The maximum Gasteiger partial charge on any atom is 0.401 e. The van der Waals surface area contributed by atoms with Crippen LogP contribution in [-0.4, -0.2) is 42.3 Å². The summed E-state index contributed by atoms with van der Waals surface area (Å²) in [5, 5.41) is 12.0. The second-order valence-electron chi connectivity index (χ2n) is 4.66. The average Bonchev–Trinajstić information content (AvgIpc) is 2.13. The first kappa shape index (κ1) is 16.2. The lowest BCUT2D eigenvalue weighted by molar-refractivity contribution is -0.146. The first-order valence-electron chi connectivity index (χ1n) is 5.60. The number of nitrogens with one attached hydrogen (secondary N) is 1. The first-order chi connectivity index (χ1) is 7.62. The van der Waals surface area contributed by atoms with Crippen LogP contribution < -0.4 is 5.32 Å². The molecule has 6 heteroatoms. The van der Waals surface area contributed by atoms with Crippen molar-refractivity contribution in [2.75, 3.05) is 19.6 Å². The first-order valence-corrected chi connectivity index (χ1v) is 5.60. The van der Waals surface area contributed by atoms with Crippen LogP contribution in [0, 0.1) is 11.3 Å². The van der Waals surface area contributed by atoms with Gasteiger partial charge in [-0.1, -0.05) is 6.92 Å². The number of likely N-dealkylation sites (N-methyl/N-ethyl adjacent to an activating group) is 1. The predicted molar refractivity (Wildman–Crippen MR) is 60.5 cm³/mol. The number of rotatable bonds is 6. The van der Waals surface area contributed by atoms with Crippen molar-refractivity contribution in [2.24, 2.45) is 0 Å². The summed E-state index contributed by atoms with van der Waals surface area (Å²) >= 11 is 0. The van der Waals surface area contributed by atoms with Gasteiger partial charge in [0.2, 0.25) is 0 Å². The Hall–Kier alpha value is -0.800. The summed E-state index contributed by atoms with van der Waals surface area (Å²) in [5.41, 5.74) is -0.963. The third-order valence-corrected chi connectivity index (χ3v) is 2.24. The minimum atomic E-state index is -4.23. The van der Waals surface area contributed by atoms with Crippen LogP contribution in [0.5, 0.6) is 0 Å². The zero-order chi connectivity index (χ0) is 13.7. The van der Waals surface area contributed by atoms with Crippen molar-refractivity contribution in [3.05, 3.63) is 0 Å². The Morgan fingerprint density at radius 2 is 1.82 bits per heavy atom. The Bertz CT molecular complexity index is 270. The molecule has 0 aromatic carbocycles. The minimum absolute atomic E-state index is 0.0456. The van der Waals surface area contributed by atoms with Crippen LogP contribution in [0.1, 0.15) is 27.7 Å². The van der Waals surface area contributed by atoms with Gasteiger partial charge in [0.1, 0.15) is 5.54 Å². The molecule has 0 heterocycles. The van der Waals surface area contributed by atoms with Gasteiger partial charge in [0.05, 0.1) is 12.6 Å². The summed E-state index contributed by atoms with van der Waals surface area (Å²) in [6, 6.07) is 2.09. The van der Waals surface area contributed by atoms with Gasteiger partial charge in [-0.05, 0) is 27.3 Å². The molecule has 0 aromatic rings. The fourth-order valence-corrected chi connectivity index (χ4v) is 1.73.